The molecule has 0 atom stereocenters. The van der Waals surface area contributed by atoms with Gasteiger partial charge in [0, 0.05) is 38.0 Å². The summed E-state index contributed by atoms with van der Waals surface area (Å²) in [5.41, 5.74) is 9.55. The van der Waals surface area contributed by atoms with Crippen LogP contribution in [0, 0.1) is 0 Å². The molecule has 0 spiro atoms. The highest BCUT2D eigenvalue weighted by Crippen LogP contribution is 2.37. The molecule has 47 heavy (non-hydrogen) atoms. The third-order valence-electron chi connectivity index (χ3n) is 9.44. The van der Waals surface area contributed by atoms with Gasteiger partial charge in [-0.3, -0.25) is 0 Å². The zero-order valence-corrected chi connectivity index (χ0v) is 25.1. The van der Waals surface area contributed by atoms with Gasteiger partial charge in [0.2, 0.25) is 0 Å². The fraction of sp³-hybridized carbons (Fsp3) is 0. The Morgan fingerprint density at radius 1 is 0.362 bits per heavy atom. The van der Waals surface area contributed by atoms with Gasteiger partial charge >= 0.3 is 5.63 Å². The van der Waals surface area contributed by atoms with Gasteiger partial charge in [-0.2, -0.15) is 0 Å². The molecule has 0 aliphatic carbocycles. The lowest BCUT2D eigenvalue weighted by Crippen LogP contribution is -2.00. The number of rotatable bonds is 3. The lowest BCUT2D eigenvalue weighted by Gasteiger charge is -2.09. The van der Waals surface area contributed by atoms with Crippen molar-refractivity contribution in [2.45, 2.75) is 0 Å². The van der Waals surface area contributed by atoms with Crippen molar-refractivity contribution in [2.24, 2.45) is 0 Å². The first-order valence-electron chi connectivity index (χ1n) is 15.7. The third kappa shape index (κ3) is 3.92. The number of nitrogens with zero attached hydrogens (tertiary/aromatic N) is 1. The van der Waals surface area contributed by atoms with Crippen molar-refractivity contribution >= 4 is 65.5 Å². The second kappa shape index (κ2) is 9.80. The van der Waals surface area contributed by atoms with E-state index in [1.54, 1.807) is 0 Å². The van der Waals surface area contributed by atoms with Gasteiger partial charge in [0.15, 0.2) is 0 Å². The van der Waals surface area contributed by atoms with Crippen molar-refractivity contribution in [3.63, 3.8) is 0 Å². The van der Waals surface area contributed by atoms with Crippen molar-refractivity contribution in [1.82, 2.24) is 4.57 Å². The average Bonchev–Trinajstić information content (AvgIpc) is 3.67. The molecule has 0 unspecified atom stereocenters. The smallest absolute Gasteiger partial charge is 0.344 e. The van der Waals surface area contributed by atoms with E-state index in [4.69, 9.17) is 8.83 Å². The average molecular weight is 604 g/mol. The van der Waals surface area contributed by atoms with Gasteiger partial charge in [0.05, 0.1) is 16.4 Å². The summed E-state index contributed by atoms with van der Waals surface area (Å²) in [6.07, 6.45) is 0. The Kier molecular flexibility index (Phi) is 5.40. The minimum absolute atomic E-state index is 0.339. The predicted octanol–water partition coefficient (Wildman–Crippen LogP) is 11.3. The molecule has 0 amide bonds. The topological polar surface area (TPSA) is 48.3 Å². The standard InChI is InChI=1S/C43H25NO3/c45-43-34-19-15-26(27-16-20-39-36(23-27)31-10-4-6-12-38(31)44(39)30-8-2-1-3-9-30)22-35(34)33-18-14-29(25-42(33)47-43)28-17-21-41-37(24-28)32-11-5-7-13-40(32)46-41/h1-25H. The van der Waals surface area contributed by atoms with E-state index in [0.29, 0.717) is 11.0 Å². The molecule has 0 saturated heterocycles. The van der Waals surface area contributed by atoms with E-state index in [2.05, 4.69) is 102 Å². The number of para-hydroxylation sites is 3. The van der Waals surface area contributed by atoms with Gasteiger partial charge in [-0.25, -0.2) is 4.79 Å². The fourth-order valence-corrected chi connectivity index (χ4v) is 7.20. The Balaban J connectivity index is 1.12. The molecule has 0 saturated carbocycles. The van der Waals surface area contributed by atoms with Crippen molar-refractivity contribution in [1.29, 1.82) is 0 Å². The van der Waals surface area contributed by atoms with Gasteiger partial charge in [-0.15, -0.1) is 0 Å². The molecule has 10 aromatic rings. The Labute approximate surface area is 268 Å². The molecule has 0 bridgehead atoms. The Morgan fingerprint density at radius 2 is 0.936 bits per heavy atom. The van der Waals surface area contributed by atoms with E-state index in [-0.39, 0.29) is 5.63 Å². The van der Waals surface area contributed by atoms with Crippen LogP contribution >= 0.6 is 0 Å². The SMILES string of the molecule is O=c1oc2cc(-c3ccc4oc5ccccc5c4c3)ccc2c2cc(-c3ccc4c(c3)c3ccccc3n4-c3ccccc3)ccc12. The number of fused-ring (bicyclic) bond motifs is 9. The number of furan rings is 1. The van der Waals surface area contributed by atoms with Crippen LogP contribution in [0.15, 0.2) is 165 Å². The molecule has 220 valence electrons. The van der Waals surface area contributed by atoms with Gasteiger partial charge in [0.25, 0.3) is 0 Å². The third-order valence-corrected chi connectivity index (χ3v) is 9.44. The molecule has 4 heteroatoms. The minimum atomic E-state index is -0.339. The lowest BCUT2D eigenvalue weighted by molar-refractivity contribution is 0.570. The van der Waals surface area contributed by atoms with Crippen LogP contribution in [0.1, 0.15) is 0 Å². The molecule has 0 radical (unpaired) electrons. The maximum Gasteiger partial charge on any atom is 0.344 e. The first-order chi connectivity index (χ1) is 23.2. The zero-order valence-electron chi connectivity index (χ0n) is 25.1. The normalized spacial score (nSPS) is 11.9. The molecule has 4 nitrogen and oxygen atoms in total. The Bertz CT molecular complexity index is 2930. The van der Waals surface area contributed by atoms with E-state index in [9.17, 15) is 4.79 Å². The highest BCUT2D eigenvalue weighted by atomic mass is 16.4. The summed E-state index contributed by atoms with van der Waals surface area (Å²) >= 11 is 0. The van der Waals surface area contributed by atoms with E-state index >= 15 is 0 Å². The Morgan fingerprint density at radius 3 is 1.79 bits per heavy atom. The lowest BCUT2D eigenvalue weighted by atomic mass is 9.97. The van der Waals surface area contributed by atoms with Crippen LogP contribution in [0.3, 0.4) is 0 Å². The molecule has 10 rings (SSSR count). The van der Waals surface area contributed by atoms with E-state index < -0.39 is 0 Å². The number of hydrogen-bond donors (Lipinski definition) is 0. The molecular formula is C43H25NO3. The van der Waals surface area contributed by atoms with Crippen LogP contribution in [0.2, 0.25) is 0 Å². The minimum Gasteiger partial charge on any atom is -0.456 e. The summed E-state index contributed by atoms with van der Waals surface area (Å²) in [6, 6.07) is 52.1. The zero-order chi connectivity index (χ0) is 31.1. The molecule has 0 fully saturated rings. The van der Waals surface area contributed by atoms with Crippen molar-refractivity contribution in [3.8, 4) is 27.9 Å². The summed E-state index contributed by atoms with van der Waals surface area (Å²) in [5, 5.41) is 6.89. The number of hydrogen-bond acceptors (Lipinski definition) is 3. The summed E-state index contributed by atoms with van der Waals surface area (Å²) in [6.45, 7) is 0. The summed E-state index contributed by atoms with van der Waals surface area (Å²) in [4.78, 5) is 13.3. The highest BCUT2D eigenvalue weighted by molar-refractivity contribution is 6.12. The monoisotopic (exact) mass is 603 g/mol. The number of aromatic nitrogens is 1. The molecule has 3 aromatic heterocycles. The van der Waals surface area contributed by atoms with Crippen LogP contribution in [0.5, 0.6) is 0 Å². The van der Waals surface area contributed by atoms with Crippen molar-refractivity contribution in [2.75, 3.05) is 0 Å². The van der Waals surface area contributed by atoms with Gasteiger partial charge in [0.1, 0.15) is 16.7 Å². The molecule has 0 aliphatic heterocycles. The molecule has 7 aromatic carbocycles. The second-order valence-corrected chi connectivity index (χ2v) is 12.1. The van der Waals surface area contributed by atoms with E-state index in [0.717, 1.165) is 66.2 Å². The summed E-state index contributed by atoms with van der Waals surface area (Å²) in [7, 11) is 0. The van der Waals surface area contributed by atoms with Gasteiger partial charge in [-0.1, -0.05) is 78.9 Å². The molecule has 0 aliphatic rings. The molecular weight excluding hydrogens is 578 g/mol. The van der Waals surface area contributed by atoms with Crippen LogP contribution in [0.25, 0.3) is 93.4 Å². The van der Waals surface area contributed by atoms with Crippen LogP contribution in [0.4, 0.5) is 0 Å². The van der Waals surface area contributed by atoms with Gasteiger partial charge < -0.3 is 13.4 Å². The predicted molar refractivity (Wildman–Crippen MR) is 192 cm³/mol. The van der Waals surface area contributed by atoms with Gasteiger partial charge in [-0.05, 0) is 95.1 Å². The van der Waals surface area contributed by atoms with Crippen LogP contribution in [-0.4, -0.2) is 4.57 Å². The number of benzene rings is 7. The maximum absolute atomic E-state index is 13.3. The maximum atomic E-state index is 13.3. The highest BCUT2D eigenvalue weighted by Gasteiger charge is 2.15. The second-order valence-electron chi connectivity index (χ2n) is 12.1. The van der Waals surface area contributed by atoms with Crippen LogP contribution in [-0.2, 0) is 0 Å². The quantitative estimate of drug-likeness (QED) is 0.149. The first-order valence-corrected chi connectivity index (χ1v) is 15.7. The molecule has 0 N–H and O–H groups in total. The van der Waals surface area contributed by atoms with Crippen molar-refractivity contribution in [3.05, 3.63) is 162 Å². The Hall–Kier alpha value is -6.39. The summed E-state index contributed by atoms with van der Waals surface area (Å²) < 4.78 is 14.2. The molecule has 3 heterocycles. The fourth-order valence-electron chi connectivity index (χ4n) is 7.20. The van der Waals surface area contributed by atoms with E-state index in [1.807, 2.05) is 54.6 Å². The van der Waals surface area contributed by atoms with Crippen molar-refractivity contribution < 1.29 is 8.83 Å². The van der Waals surface area contributed by atoms with E-state index in [1.165, 1.54) is 16.3 Å². The summed E-state index contributed by atoms with van der Waals surface area (Å²) in [5.74, 6) is 0. The largest absolute Gasteiger partial charge is 0.456 e. The van der Waals surface area contributed by atoms with Crippen LogP contribution < -0.4 is 5.63 Å². The first kappa shape index (κ1) is 25.9.